The molecule has 5 heteroatoms. The van der Waals surface area contributed by atoms with Crippen LogP contribution in [0.5, 0.6) is 17.4 Å². The van der Waals surface area contributed by atoms with Crippen LogP contribution in [0.25, 0.3) is 11.4 Å². The first-order valence-corrected chi connectivity index (χ1v) is 9.63. The lowest BCUT2D eigenvalue weighted by atomic mass is 10.0. The first-order chi connectivity index (χ1) is 13.1. The van der Waals surface area contributed by atoms with Crippen molar-refractivity contribution in [1.29, 1.82) is 0 Å². The van der Waals surface area contributed by atoms with Crippen LogP contribution in [0.15, 0.2) is 42.5 Å². The number of aromatic amines is 1. The minimum absolute atomic E-state index is 0.492. The molecule has 0 amide bonds. The molecule has 138 valence electrons. The molecule has 1 aromatic heterocycles. The molecule has 0 atom stereocenters. The minimum Gasteiger partial charge on any atom is -0.490 e. The Kier molecular flexibility index (Phi) is 4.70. The molecule has 1 N–H and O–H groups in total. The van der Waals surface area contributed by atoms with E-state index in [1.165, 1.54) is 5.56 Å². The lowest BCUT2D eigenvalue weighted by molar-refractivity contribution is 0.315. The summed E-state index contributed by atoms with van der Waals surface area (Å²) in [6.45, 7) is 6.92. The Labute approximate surface area is 164 Å². The number of aromatic nitrogens is 2. The second-order valence-electron chi connectivity index (χ2n) is 6.93. The molecule has 0 saturated carbocycles. The molecule has 1 aliphatic heterocycles. The standard InChI is InChI=1S/C22H22N2O2S/c1-4-25-18-7-5-6-16-12-17-21(26-19(16)18)23-20(24-22(17)27)15-10-8-14(9-11-15)13(2)3/h5-11,13H,4,12H2,1-3H3,(H,23,24,27). The van der Waals surface area contributed by atoms with Gasteiger partial charge in [-0.05, 0) is 24.5 Å². The largest absolute Gasteiger partial charge is 0.490 e. The summed E-state index contributed by atoms with van der Waals surface area (Å²) in [4.78, 5) is 7.94. The monoisotopic (exact) mass is 378 g/mol. The smallest absolute Gasteiger partial charge is 0.205 e. The summed E-state index contributed by atoms with van der Waals surface area (Å²) in [5.74, 6) is 3.36. The molecule has 3 aromatic rings. The van der Waals surface area contributed by atoms with Gasteiger partial charge in [-0.25, -0.2) is 4.98 Å². The third-order valence-electron chi connectivity index (χ3n) is 4.76. The van der Waals surface area contributed by atoms with Crippen molar-refractivity contribution >= 4 is 12.2 Å². The van der Waals surface area contributed by atoms with E-state index in [1.54, 1.807) is 0 Å². The summed E-state index contributed by atoms with van der Waals surface area (Å²) >= 11 is 5.56. The zero-order chi connectivity index (χ0) is 19.0. The van der Waals surface area contributed by atoms with Crippen LogP contribution >= 0.6 is 12.2 Å². The Bertz CT molecular complexity index is 1040. The topological polar surface area (TPSA) is 47.1 Å². The fourth-order valence-corrected chi connectivity index (χ4v) is 3.52. The molecular formula is C22H22N2O2S. The molecule has 2 aromatic carbocycles. The average molecular weight is 378 g/mol. The first-order valence-electron chi connectivity index (χ1n) is 9.23. The fraction of sp³-hybridized carbons (Fsp3) is 0.273. The number of hydrogen-bond acceptors (Lipinski definition) is 4. The zero-order valence-corrected chi connectivity index (χ0v) is 16.5. The number of para-hydroxylation sites is 1. The maximum atomic E-state index is 6.18. The molecule has 0 unspecified atom stereocenters. The Hall–Kier alpha value is -2.66. The van der Waals surface area contributed by atoms with Gasteiger partial charge in [0.15, 0.2) is 11.5 Å². The molecule has 0 fully saturated rings. The van der Waals surface area contributed by atoms with Gasteiger partial charge in [0.05, 0.1) is 12.2 Å². The van der Waals surface area contributed by atoms with Gasteiger partial charge in [-0.1, -0.05) is 62.5 Å². The van der Waals surface area contributed by atoms with Crippen molar-refractivity contribution in [2.75, 3.05) is 6.61 Å². The van der Waals surface area contributed by atoms with Crippen LogP contribution in [0.3, 0.4) is 0 Å². The van der Waals surface area contributed by atoms with Gasteiger partial charge >= 0.3 is 0 Å². The number of ether oxygens (including phenoxy) is 2. The highest BCUT2D eigenvalue weighted by Gasteiger charge is 2.23. The van der Waals surface area contributed by atoms with Gasteiger partial charge in [0.2, 0.25) is 5.88 Å². The summed E-state index contributed by atoms with van der Waals surface area (Å²) in [7, 11) is 0. The summed E-state index contributed by atoms with van der Waals surface area (Å²) in [6.07, 6.45) is 0.681. The molecule has 0 bridgehead atoms. The van der Waals surface area contributed by atoms with E-state index in [4.69, 9.17) is 21.7 Å². The van der Waals surface area contributed by atoms with Gasteiger partial charge < -0.3 is 14.5 Å². The van der Waals surface area contributed by atoms with Crippen molar-refractivity contribution in [2.45, 2.75) is 33.1 Å². The van der Waals surface area contributed by atoms with Gasteiger partial charge in [-0.2, -0.15) is 0 Å². The van der Waals surface area contributed by atoms with Crippen LogP contribution in [0.2, 0.25) is 0 Å². The van der Waals surface area contributed by atoms with E-state index < -0.39 is 0 Å². The molecule has 4 rings (SSSR count). The molecule has 2 heterocycles. The summed E-state index contributed by atoms with van der Waals surface area (Å²) < 4.78 is 12.5. The van der Waals surface area contributed by atoms with E-state index in [0.29, 0.717) is 35.3 Å². The van der Waals surface area contributed by atoms with Gasteiger partial charge in [0.1, 0.15) is 10.5 Å². The molecular weight excluding hydrogens is 356 g/mol. The van der Waals surface area contributed by atoms with E-state index in [2.05, 4.69) is 48.1 Å². The zero-order valence-electron chi connectivity index (χ0n) is 15.7. The molecule has 27 heavy (non-hydrogen) atoms. The summed E-state index contributed by atoms with van der Waals surface area (Å²) in [5.41, 5.74) is 4.25. The van der Waals surface area contributed by atoms with E-state index in [1.807, 2.05) is 25.1 Å². The van der Waals surface area contributed by atoms with Crippen molar-refractivity contribution in [3.8, 4) is 28.8 Å². The SMILES string of the molecule is CCOc1cccc2c1Oc1[nH]c(-c3ccc(C(C)C)cc3)nc(=S)c1C2. The Morgan fingerprint density at radius 3 is 2.67 bits per heavy atom. The number of rotatable bonds is 4. The van der Waals surface area contributed by atoms with Crippen LogP contribution in [0, 0.1) is 4.64 Å². The molecule has 0 radical (unpaired) electrons. The Morgan fingerprint density at radius 2 is 1.96 bits per heavy atom. The molecule has 0 aliphatic carbocycles. The van der Waals surface area contributed by atoms with E-state index in [0.717, 1.165) is 28.2 Å². The lowest BCUT2D eigenvalue weighted by Gasteiger charge is -2.22. The predicted octanol–water partition coefficient (Wildman–Crippen LogP) is 6.02. The third-order valence-corrected chi connectivity index (χ3v) is 5.10. The maximum absolute atomic E-state index is 6.18. The molecule has 0 spiro atoms. The van der Waals surface area contributed by atoms with E-state index >= 15 is 0 Å². The van der Waals surface area contributed by atoms with Crippen molar-refractivity contribution in [3.05, 3.63) is 63.8 Å². The summed E-state index contributed by atoms with van der Waals surface area (Å²) in [5, 5.41) is 0. The highest BCUT2D eigenvalue weighted by molar-refractivity contribution is 7.71. The number of nitrogens with zero attached hydrogens (tertiary/aromatic N) is 1. The number of H-pyrrole nitrogens is 1. The van der Waals surface area contributed by atoms with Crippen LogP contribution < -0.4 is 9.47 Å². The van der Waals surface area contributed by atoms with Crippen molar-refractivity contribution in [3.63, 3.8) is 0 Å². The molecule has 4 nitrogen and oxygen atoms in total. The van der Waals surface area contributed by atoms with Gasteiger partial charge in [-0.15, -0.1) is 0 Å². The molecule has 0 saturated heterocycles. The minimum atomic E-state index is 0.492. The number of fused-ring (bicyclic) bond motifs is 2. The van der Waals surface area contributed by atoms with Crippen molar-refractivity contribution in [1.82, 2.24) is 9.97 Å². The van der Waals surface area contributed by atoms with E-state index in [9.17, 15) is 0 Å². The second-order valence-corrected chi connectivity index (χ2v) is 7.32. The Morgan fingerprint density at radius 1 is 1.19 bits per heavy atom. The highest BCUT2D eigenvalue weighted by atomic mass is 32.1. The predicted molar refractivity (Wildman–Crippen MR) is 109 cm³/mol. The number of nitrogens with one attached hydrogen (secondary N) is 1. The van der Waals surface area contributed by atoms with Gasteiger partial charge in [0.25, 0.3) is 0 Å². The molecule has 1 aliphatic rings. The fourth-order valence-electron chi connectivity index (χ4n) is 3.26. The highest BCUT2D eigenvalue weighted by Crippen LogP contribution is 2.42. The van der Waals surface area contributed by atoms with Crippen LogP contribution in [0.4, 0.5) is 0 Å². The van der Waals surface area contributed by atoms with Crippen LogP contribution in [0.1, 0.15) is 43.4 Å². The number of benzene rings is 2. The van der Waals surface area contributed by atoms with Crippen molar-refractivity contribution in [2.24, 2.45) is 0 Å². The third kappa shape index (κ3) is 3.35. The average Bonchev–Trinajstić information content (AvgIpc) is 2.67. The maximum Gasteiger partial charge on any atom is 0.205 e. The van der Waals surface area contributed by atoms with Gasteiger partial charge in [-0.3, -0.25) is 0 Å². The Balaban J connectivity index is 1.74. The summed E-state index contributed by atoms with van der Waals surface area (Å²) in [6, 6.07) is 14.3. The lowest BCUT2D eigenvalue weighted by Crippen LogP contribution is -2.09. The van der Waals surface area contributed by atoms with Crippen molar-refractivity contribution < 1.29 is 9.47 Å². The van der Waals surface area contributed by atoms with Crippen LogP contribution in [-0.4, -0.2) is 16.6 Å². The van der Waals surface area contributed by atoms with E-state index in [-0.39, 0.29) is 0 Å². The quantitative estimate of drug-likeness (QED) is 0.441. The number of hydrogen-bond donors (Lipinski definition) is 1. The van der Waals surface area contributed by atoms with Crippen LogP contribution in [-0.2, 0) is 6.42 Å². The normalized spacial score (nSPS) is 12.3. The van der Waals surface area contributed by atoms with Gasteiger partial charge in [0, 0.05) is 17.5 Å². The first kappa shape index (κ1) is 17.7. The second kappa shape index (κ2) is 7.16.